The highest BCUT2D eigenvalue weighted by Crippen LogP contribution is 2.49. The Morgan fingerprint density at radius 2 is 2.00 bits per heavy atom. The van der Waals surface area contributed by atoms with Crippen LogP contribution in [0.5, 0.6) is 0 Å². The summed E-state index contributed by atoms with van der Waals surface area (Å²) in [5.41, 5.74) is 5.03. The molecule has 4 heteroatoms. The highest BCUT2D eigenvalue weighted by molar-refractivity contribution is 5.87. The molecule has 4 nitrogen and oxygen atoms in total. The minimum atomic E-state index is -0.893. The quantitative estimate of drug-likeness (QED) is 0.882. The van der Waals surface area contributed by atoms with Gasteiger partial charge in [-0.1, -0.05) is 29.8 Å². The normalized spacial score (nSPS) is 25.3. The van der Waals surface area contributed by atoms with E-state index in [1.165, 1.54) is 11.1 Å². The molecule has 2 aromatic rings. The number of hydrogen-bond donors (Lipinski definition) is 2. The van der Waals surface area contributed by atoms with E-state index in [2.05, 4.69) is 30.4 Å². The highest BCUT2D eigenvalue weighted by Gasteiger charge is 2.41. The van der Waals surface area contributed by atoms with Crippen molar-refractivity contribution >= 4 is 11.7 Å². The summed E-state index contributed by atoms with van der Waals surface area (Å²) in [7, 11) is 0. The van der Waals surface area contributed by atoms with Crippen molar-refractivity contribution in [2.45, 2.75) is 25.5 Å². The van der Waals surface area contributed by atoms with Crippen molar-refractivity contribution in [3.05, 3.63) is 64.7 Å². The molecule has 1 saturated heterocycles. The molecule has 0 unspecified atom stereocenters. The van der Waals surface area contributed by atoms with Gasteiger partial charge in [0.25, 0.3) is 0 Å². The molecular weight excluding hydrogens is 290 g/mol. The fourth-order valence-corrected chi connectivity index (χ4v) is 3.76. The van der Waals surface area contributed by atoms with E-state index in [1.807, 2.05) is 12.1 Å². The number of aryl methyl sites for hydroxylation is 1. The molecule has 2 aliphatic heterocycles. The van der Waals surface area contributed by atoms with E-state index in [9.17, 15) is 4.79 Å². The maximum atomic E-state index is 11.0. The molecule has 0 bridgehead atoms. The fourth-order valence-electron chi connectivity index (χ4n) is 3.76. The third-order valence-corrected chi connectivity index (χ3v) is 4.91. The molecule has 23 heavy (non-hydrogen) atoms. The molecule has 2 aromatic carbocycles. The van der Waals surface area contributed by atoms with E-state index < -0.39 is 5.97 Å². The number of benzene rings is 2. The topological polar surface area (TPSA) is 58.6 Å². The van der Waals surface area contributed by atoms with Gasteiger partial charge in [0.1, 0.15) is 0 Å². The smallest absolute Gasteiger partial charge is 0.335 e. The van der Waals surface area contributed by atoms with Gasteiger partial charge in [-0.3, -0.25) is 0 Å². The maximum absolute atomic E-state index is 11.0. The number of ether oxygens (including phenoxy) is 1. The average molecular weight is 309 g/mol. The van der Waals surface area contributed by atoms with Crippen molar-refractivity contribution in [2.24, 2.45) is 5.92 Å². The molecule has 0 aromatic heterocycles. The molecule has 0 amide bonds. The molecule has 1 fully saturated rings. The van der Waals surface area contributed by atoms with Crippen LogP contribution in [0.15, 0.2) is 42.5 Å². The molecule has 2 N–H and O–H groups in total. The Bertz CT molecular complexity index is 754. The average Bonchev–Trinajstić information content (AvgIpc) is 3.04. The number of aromatic carboxylic acids is 1. The van der Waals surface area contributed by atoms with Crippen LogP contribution in [0.25, 0.3) is 0 Å². The second-order valence-electron chi connectivity index (χ2n) is 6.38. The second-order valence-corrected chi connectivity index (χ2v) is 6.38. The molecule has 118 valence electrons. The van der Waals surface area contributed by atoms with Crippen molar-refractivity contribution < 1.29 is 14.6 Å². The molecule has 3 atom stereocenters. The van der Waals surface area contributed by atoms with Gasteiger partial charge in [0.15, 0.2) is 0 Å². The van der Waals surface area contributed by atoms with Gasteiger partial charge >= 0.3 is 5.97 Å². The highest BCUT2D eigenvalue weighted by atomic mass is 16.5. The Morgan fingerprint density at radius 3 is 2.74 bits per heavy atom. The number of carboxylic acid groups (broad SMARTS) is 1. The van der Waals surface area contributed by atoms with Crippen molar-refractivity contribution in [2.75, 3.05) is 11.9 Å². The number of carboxylic acids is 1. The lowest BCUT2D eigenvalue weighted by molar-refractivity contribution is 0.0696. The summed E-state index contributed by atoms with van der Waals surface area (Å²) in [5, 5.41) is 12.7. The Balaban J connectivity index is 1.72. The van der Waals surface area contributed by atoms with Crippen LogP contribution in [0.4, 0.5) is 5.69 Å². The van der Waals surface area contributed by atoms with Crippen LogP contribution in [0, 0.1) is 12.8 Å². The molecule has 2 aliphatic rings. The van der Waals surface area contributed by atoms with Crippen LogP contribution in [0.3, 0.4) is 0 Å². The van der Waals surface area contributed by atoms with E-state index in [1.54, 1.807) is 12.1 Å². The van der Waals surface area contributed by atoms with E-state index in [0.29, 0.717) is 11.5 Å². The molecule has 2 heterocycles. The molecule has 0 saturated carbocycles. The van der Waals surface area contributed by atoms with E-state index in [-0.39, 0.29) is 12.1 Å². The summed E-state index contributed by atoms with van der Waals surface area (Å²) >= 11 is 0. The Labute approximate surface area is 135 Å². The van der Waals surface area contributed by atoms with Crippen LogP contribution in [0.1, 0.15) is 45.6 Å². The Morgan fingerprint density at radius 1 is 1.22 bits per heavy atom. The van der Waals surface area contributed by atoms with Gasteiger partial charge < -0.3 is 15.2 Å². The standard InChI is InChI=1S/C19H19NO3/c1-11-2-7-16-15(10-11)18-14(8-9-23-18)17(20-16)12-3-5-13(6-4-12)19(21)22/h2-7,10,14,17-18,20H,8-9H2,1H3,(H,21,22)/t14-,17+,18-/m0/s1. The molecule has 0 aliphatic carbocycles. The lowest BCUT2D eigenvalue weighted by atomic mass is 9.80. The van der Waals surface area contributed by atoms with Gasteiger partial charge in [0.2, 0.25) is 0 Å². The van der Waals surface area contributed by atoms with Crippen molar-refractivity contribution in [3.8, 4) is 0 Å². The largest absolute Gasteiger partial charge is 0.478 e. The first-order valence-corrected chi connectivity index (χ1v) is 7.95. The first-order chi connectivity index (χ1) is 11.1. The molecule has 0 radical (unpaired) electrons. The lowest BCUT2D eigenvalue weighted by Gasteiger charge is -2.36. The zero-order valence-corrected chi connectivity index (χ0v) is 13.0. The van der Waals surface area contributed by atoms with Crippen LogP contribution < -0.4 is 5.32 Å². The minimum absolute atomic E-state index is 0.121. The maximum Gasteiger partial charge on any atom is 0.335 e. The number of nitrogens with one attached hydrogen (secondary N) is 1. The Hall–Kier alpha value is -2.33. The first-order valence-electron chi connectivity index (χ1n) is 7.95. The van der Waals surface area contributed by atoms with Gasteiger partial charge in [-0.05, 0) is 37.1 Å². The number of anilines is 1. The van der Waals surface area contributed by atoms with E-state index >= 15 is 0 Å². The summed E-state index contributed by atoms with van der Waals surface area (Å²) in [5.74, 6) is -0.518. The predicted molar refractivity (Wildman–Crippen MR) is 87.7 cm³/mol. The van der Waals surface area contributed by atoms with E-state index in [4.69, 9.17) is 9.84 Å². The van der Waals surface area contributed by atoms with Crippen molar-refractivity contribution in [1.29, 1.82) is 0 Å². The summed E-state index contributed by atoms with van der Waals surface area (Å²) in [4.78, 5) is 11.0. The van der Waals surface area contributed by atoms with E-state index in [0.717, 1.165) is 24.3 Å². The monoisotopic (exact) mass is 309 g/mol. The summed E-state index contributed by atoms with van der Waals surface area (Å²) in [6.45, 7) is 2.87. The van der Waals surface area contributed by atoms with Crippen molar-refractivity contribution in [3.63, 3.8) is 0 Å². The van der Waals surface area contributed by atoms with Crippen LogP contribution >= 0.6 is 0 Å². The summed E-state index contributed by atoms with van der Waals surface area (Å²) in [6, 6.07) is 13.7. The van der Waals surface area contributed by atoms with Crippen LogP contribution in [0.2, 0.25) is 0 Å². The summed E-state index contributed by atoms with van der Waals surface area (Å²) in [6.07, 6.45) is 1.13. The fraction of sp³-hybridized carbons (Fsp3) is 0.316. The minimum Gasteiger partial charge on any atom is -0.478 e. The molecular formula is C19H19NO3. The lowest BCUT2D eigenvalue weighted by Crippen LogP contribution is -2.29. The second kappa shape index (κ2) is 5.39. The van der Waals surface area contributed by atoms with Gasteiger partial charge in [-0.15, -0.1) is 0 Å². The zero-order chi connectivity index (χ0) is 16.0. The van der Waals surface area contributed by atoms with Gasteiger partial charge in [0.05, 0.1) is 17.7 Å². The zero-order valence-electron chi connectivity index (χ0n) is 13.0. The first kappa shape index (κ1) is 14.3. The Kier molecular flexibility index (Phi) is 3.34. The molecule has 4 rings (SSSR count). The van der Waals surface area contributed by atoms with Gasteiger partial charge in [-0.25, -0.2) is 4.79 Å². The summed E-state index contributed by atoms with van der Waals surface area (Å²) < 4.78 is 6.02. The number of rotatable bonds is 2. The van der Waals surface area contributed by atoms with Crippen molar-refractivity contribution in [1.82, 2.24) is 0 Å². The predicted octanol–water partition coefficient (Wildman–Crippen LogP) is 3.94. The number of fused-ring (bicyclic) bond motifs is 3. The number of carbonyl (C=O) groups is 1. The van der Waals surface area contributed by atoms with Gasteiger partial charge in [-0.2, -0.15) is 0 Å². The van der Waals surface area contributed by atoms with Crippen LogP contribution in [-0.4, -0.2) is 17.7 Å². The van der Waals surface area contributed by atoms with Gasteiger partial charge in [0, 0.05) is 23.8 Å². The SMILES string of the molecule is Cc1ccc2c(c1)[C@H]1OCC[C@H]1[C@@H](c1ccc(C(=O)O)cc1)N2. The number of hydrogen-bond acceptors (Lipinski definition) is 3. The van der Waals surface area contributed by atoms with Crippen LogP contribution in [-0.2, 0) is 4.74 Å². The third kappa shape index (κ3) is 2.39. The molecule has 0 spiro atoms. The third-order valence-electron chi connectivity index (χ3n) is 4.91.